The highest BCUT2D eigenvalue weighted by Gasteiger charge is 2.27. The van der Waals surface area contributed by atoms with E-state index >= 15 is 0 Å². The highest BCUT2D eigenvalue weighted by atomic mass is 15.2. The molecule has 0 heterocycles. The van der Waals surface area contributed by atoms with E-state index in [1.54, 1.807) is 0 Å². The second-order valence-electron chi connectivity index (χ2n) is 5.98. The smallest absolute Gasteiger partial charge is 0.0304 e. The molecule has 0 saturated carbocycles. The van der Waals surface area contributed by atoms with Gasteiger partial charge in [0.15, 0.2) is 0 Å². The van der Waals surface area contributed by atoms with Crippen LogP contribution in [0.15, 0.2) is 30.3 Å². The summed E-state index contributed by atoms with van der Waals surface area (Å²) in [5, 5.41) is 0. The highest BCUT2D eigenvalue weighted by Crippen LogP contribution is 2.23. The van der Waals surface area contributed by atoms with Crippen LogP contribution in [0.2, 0.25) is 0 Å². The van der Waals surface area contributed by atoms with Crippen molar-refractivity contribution in [2.45, 2.75) is 45.7 Å². The molecular weight excluding hydrogens is 220 g/mol. The molecule has 1 aromatic carbocycles. The van der Waals surface area contributed by atoms with Gasteiger partial charge in [-0.15, -0.1) is 0 Å². The van der Waals surface area contributed by atoms with E-state index in [0.717, 1.165) is 18.9 Å². The Labute approximate surface area is 112 Å². The van der Waals surface area contributed by atoms with Gasteiger partial charge in [-0.1, -0.05) is 44.2 Å². The Bertz CT molecular complexity index is 334. The molecule has 1 atom stereocenters. The number of hydrogen-bond donors (Lipinski definition) is 1. The van der Waals surface area contributed by atoms with Crippen LogP contribution in [0.25, 0.3) is 0 Å². The molecule has 2 N–H and O–H groups in total. The molecule has 0 aliphatic carbocycles. The predicted octanol–water partition coefficient (Wildman–Crippen LogP) is 3.27. The molecule has 2 heteroatoms. The minimum atomic E-state index is 0.0973. The second kappa shape index (κ2) is 6.91. The van der Waals surface area contributed by atoms with Gasteiger partial charge < -0.3 is 5.73 Å². The Balaban J connectivity index is 2.63. The van der Waals surface area contributed by atoms with Crippen LogP contribution in [0.5, 0.6) is 0 Å². The fourth-order valence-corrected chi connectivity index (χ4v) is 2.10. The highest BCUT2D eigenvalue weighted by molar-refractivity contribution is 5.14. The van der Waals surface area contributed by atoms with Crippen LogP contribution in [0, 0.1) is 5.92 Å². The summed E-state index contributed by atoms with van der Waals surface area (Å²) in [6, 6.07) is 10.6. The summed E-state index contributed by atoms with van der Waals surface area (Å²) in [5.41, 5.74) is 7.45. The Kier molecular flexibility index (Phi) is 5.83. The number of benzene rings is 1. The standard InChI is InChI=1S/C16H28N2/c1-14(2)10-11-16(3,13-17)18(4)12-15-8-6-5-7-9-15/h5-9,14H,10-13,17H2,1-4H3. The van der Waals surface area contributed by atoms with Crippen molar-refractivity contribution in [3.8, 4) is 0 Å². The topological polar surface area (TPSA) is 29.3 Å². The molecule has 0 fully saturated rings. The fraction of sp³-hybridized carbons (Fsp3) is 0.625. The molecular formula is C16H28N2. The summed E-state index contributed by atoms with van der Waals surface area (Å²) >= 11 is 0. The molecule has 1 rings (SSSR count). The molecule has 0 amide bonds. The zero-order valence-electron chi connectivity index (χ0n) is 12.3. The third-order valence-electron chi connectivity index (χ3n) is 3.88. The normalized spacial score (nSPS) is 15.1. The summed E-state index contributed by atoms with van der Waals surface area (Å²) in [5.74, 6) is 0.737. The molecule has 0 aliphatic rings. The number of likely N-dealkylation sites (N-methyl/N-ethyl adjacent to an activating group) is 1. The molecule has 0 radical (unpaired) electrons. The summed E-state index contributed by atoms with van der Waals surface area (Å²) in [6.07, 6.45) is 2.39. The van der Waals surface area contributed by atoms with Crippen molar-refractivity contribution in [1.29, 1.82) is 0 Å². The van der Waals surface area contributed by atoms with Gasteiger partial charge in [0, 0.05) is 18.6 Å². The summed E-state index contributed by atoms with van der Waals surface area (Å²) in [4.78, 5) is 2.39. The van der Waals surface area contributed by atoms with Crippen molar-refractivity contribution >= 4 is 0 Å². The van der Waals surface area contributed by atoms with Crippen LogP contribution in [-0.4, -0.2) is 24.0 Å². The zero-order chi connectivity index (χ0) is 13.6. The lowest BCUT2D eigenvalue weighted by molar-refractivity contribution is 0.119. The van der Waals surface area contributed by atoms with Gasteiger partial charge in [0.05, 0.1) is 0 Å². The van der Waals surface area contributed by atoms with Crippen LogP contribution < -0.4 is 5.73 Å². The number of hydrogen-bond acceptors (Lipinski definition) is 2. The van der Waals surface area contributed by atoms with Gasteiger partial charge >= 0.3 is 0 Å². The molecule has 102 valence electrons. The molecule has 2 nitrogen and oxygen atoms in total. The van der Waals surface area contributed by atoms with Crippen molar-refractivity contribution in [2.24, 2.45) is 11.7 Å². The van der Waals surface area contributed by atoms with Gasteiger partial charge in [-0.25, -0.2) is 0 Å². The van der Waals surface area contributed by atoms with E-state index in [1.165, 1.54) is 12.0 Å². The second-order valence-corrected chi connectivity index (χ2v) is 5.98. The van der Waals surface area contributed by atoms with Crippen molar-refractivity contribution < 1.29 is 0 Å². The van der Waals surface area contributed by atoms with Gasteiger partial charge in [0.2, 0.25) is 0 Å². The Morgan fingerprint density at radius 3 is 2.33 bits per heavy atom. The molecule has 0 saturated heterocycles. The molecule has 0 bridgehead atoms. The molecule has 18 heavy (non-hydrogen) atoms. The molecule has 0 spiro atoms. The van der Waals surface area contributed by atoms with E-state index < -0.39 is 0 Å². The first-order valence-electron chi connectivity index (χ1n) is 6.93. The van der Waals surface area contributed by atoms with Gasteiger partial charge in [-0.3, -0.25) is 4.90 Å². The summed E-state index contributed by atoms with van der Waals surface area (Å²) in [7, 11) is 2.18. The van der Waals surface area contributed by atoms with Crippen molar-refractivity contribution in [2.75, 3.05) is 13.6 Å². The number of rotatable bonds is 7. The van der Waals surface area contributed by atoms with E-state index in [4.69, 9.17) is 5.73 Å². The van der Waals surface area contributed by atoms with E-state index in [2.05, 4.69) is 63.1 Å². The Hall–Kier alpha value is -0.860. The molecule has 1 unspecified atom stereocenters. The van der Waals surface area contributed by atoms with Crippen LogP contribution in [0.1, 0.15) is 39.2 Å². The van der Waals surface area contributed by atoms with E-state index in [9.17, 15) is 0 Å². The van der Waals surface area contributed by atoms with Crippen LogP contribution in [-0.2, 0) is 6.54 Å². The monoisotopic (exact) mass is 248 g/mol. The van der Waals surface area contributed by atoms with E-state index in [-0.39, 0.29) is 5.54 Å². The average molecular weight is 248 g/mol. The van der Waals surface area contributed by atoms with Gasteiger partial charge in [-0.2, -0.15) is 0 Å². The summed E-state index contributed by atoms with van der Waals surface area (Å²) in [6.45, 7) is 8.50. The van der Waals surface area contributed by atoms with Gasteiger partial charge in [0.25, 0.3) is 0 Å². The van der Waals surface area contributed by atoms with E-state index in [0.29, 0.717) is 6.54 Å². The van der Waals surface area contributed by atoms with Gasteiger partial charge in [-0.05, 0) is 38.3 Å². The minimum absolute atomic E-state index is 0.0973. The van der Waals surface area contributed by atoms with Crippen molar-refractivity contribution in [3.63, 3.8) is 0 Å². The Morgan fingerprint density at radius 1 is 1.22 bits per heavy atom. The summed E-state index contributed by atoms with van der Waals surface area (Å²) < 4.78 is 0. The fourth-order valence-electron chi connectivity index (χ4n) is 2.10. The number of nitrogens with two attached hydrogens (primary N) is 1. The maximum atomic E-state index is 6.01. The van der Waals surface area contributed by atoms with Crippen molar-refractivity contribution in [1.82, 2.24) is 4.90 Å². The maximum Gasteiger partial charge on any atom is 0.0304 e. The van der Waals surface area contributed by atoms with E-state index in [1.807, 2.05) is 0 Å². The lowest BCUT2D eigenvalue weighted by atomic mass is 9.90. The quantitative estimate of drug-likeness (QED) is 0.802. The minimum Gasteiger partial charge on any atom is -0.329 e. The first-order chi connectivity index (χ1) is 8.48. The van der Waals surface area contributed by atoms with Crippen LogP contribution in [0.4, 0.5) is 0 Å². The zero-order valence-corrected chi connectivity index (χ0v) is 12.3. The lowest BCUT2D eigenvalue weighted by Crippen LogP contribution is -2.49. The maximum absolute atomic E-state index is 6.01. The predicted molar refractivity (Wildman–Crippen MR) is 79.4 cm³/mol. The number of nitrogens with zero attached hydrogens (tertiary/aromatic N) is 1. The first kappa shape index (κ1) is 15.2. The van der Waals surface area contributed by atoms with Crippen LogP contribution in [0.3, 0.4) is 0 Å². The average Bonchev–Trinajstić information content (AvgIpc) is 2.37. The van der Waals surface area contributed by atoms with Gasteiger partial charge in [0.1, 0.15) is 0 Å². The molecule has 0 aromatic heterocycles. The van der Waals surface area contributed by atoms with Crippen LogP contribution >= 0.6 is 0 Å². The molecule has 1 aromatic rings. The first-order valence-corrected chi connectivity index (χ1v) is 6.93. The van der Waals surface area contributed by atoms with Crippen molar-refractivity contribution in [3.05, 3.63) is 35.9 Å². The SMILES string of the molecule is CC(C)CCC(C)(CN)N(C)Cc1ccccc1. The third-order valence-corrected chi connectivity index (χ3v) is 3.88. The Morgan fingerprint density at radius 2 is 1.83 bits per heavy atom. The molecule has 0 aliphatic heterocycles. The third kappa shape index (κ3) is 4.43. The largest absolute Gasteiger partial charge is 0.329 e. The lowest BCUT2D eigenvalue weighted by Gasteiger charge is -2.39.